The summed E-state index contributed by atoms with van der Waals surface area (Å²) in [6, 6.07) is 14.7. The normalized spacial score (nSPS) is 11.7. The zero-order valence-corrected chi connectivity index (χ0v) is 12.5. The zero-order chi connectivity index (χ0) is 13.8. The van der Waals surface area contributed by atoms with Gasteiger partial charge in [0.05, 0.1) is 17.7 Å². The topological polar surface area (TPSA) is 53.2 Å². The van der Waals surface area contributed by atoms with Crippen LogP contribution in [-0.4, -0.2) is 5.11 Å². The molecule has 0 amide bonds. The van der Waals surface area contributed by atoms with Gasteiger partial charge in [0.25, 0.3) is 0 Å². The van der Waals surface area contributed by atoms with Crippen molar-refractivity contribution in [1.29, 1.82) is 5.26 Å². The third kappa shape index (κ3) is 3.46. The van der Waals surface area contributed by atoms with Crippen molar-refractivity contribution in [1.82, 2.24) is 0 Å². The Kier molecular flexibility index (Phi) is 4.40. The van der Waals surface area contributed by atoms with E-state index in [0.29, 0.717) is 22.6 Å². The number of aliphatic hydroxyl groups excluding tert-OH is 1. The van der Waals surface area contributed by atoms with Crippen LogP contribution in [0.4, 0.5) is 0 Å². The summed E-state index contributed by atoms with van der Waals surface area (Å²) in [5.41, 5.74) is 1.17. The molecule has 1 N–H and O–H groups in total. The van der Waals surface area contributed by atoms with E-state index in [-0.39, 0.29) is 0 Å². The fourth-order valence-corrected chi connectivity index (χ4v) is 2.03. The number of benzene rings is 2. The molecule has 2 aromatic carbocycles. The maximum atomic E-state index is 9.73. The quantitative estimate of drug-likeness (QED) is 0.837. The lowest BCUT2D eigenvalue weighted by atomic mass is 10.1. The Bertz CT molecular complexity index is 615. The average Bonchev–Trinajstić information content (AvgIpc) is 2.41. The fraction of sp³-hybridized carbons (Fsp3) is 0.133. The van der Waals surface area contributed by atoms with Crippen LogP contribution in [-0.2, 0) is 0 Å². The Morgan fingerprint density at radius 1 is 1.21 bits per heavy atom. The molecule has 0 aliphatic heterocycles. The molecule has 2 rings (SSSR count). The van der Waals surface area contributed by atoms with Gasteiger partial charge in [-0.3, -0.25) is 0 Å². The Labute approximate surface area is 125 Å². The summed E-state index contributed by atoms with van der Waals surface area (Å²) in [4.78, 5) is 0. The van der Waals surface area contributed by atoms with Crippen LogP contribution in [0.15, 0.2) is 42.5 Å². The van der Waals surface area contributed by atoms with Gasteiger partial charge in [0.15, 0.2) is 0 Å². The molecule has 1 atom stereocenters. The molecule has 2 aromatic rings. The third-order valence-electron chi connectivity index (χ3n) is 2.63. The van der Waals surface area contributed by atoms with Crippen LogP contribution >= 0.6 is 22.6 Å². The van der Waals surface area contributed by atoms with Crippen LogP contribution in [0.5, 0.6) is 11.5 Å². The Morgan fingerprint density at radius 2 is 1.89 bits per heavy atom. The molecule has 4 heteroatoms. The van der Waals surface area contributed by atoms with E-state index in [2.05, 4.69) is 28.7 Å². The number of hydrogen-bond donors (Lipinski definition) is 1. The second kappa shape index (κ2) is 6.04. The minimum Gasteiger partial charge on any atom is -0.457 e. The largest absolute Gasteiger partial charge is 0.457 e. The number of hydrogen-bond acceptors (Lipinski definition) is 3. The second-order valence-corrected chi connectivity index (χ2v) is 5.34. The smallest absolute Gasteiger partial charge is 0.134 e. The standard InChI is InChI=1S/C15H12INO2/c1-10(18)14-7-2-11(9-17)8-15(14)19-13-5-3-12(16)4-6-13/h2-8,10,18H,1H3. The molecule has 0 bridgehead atoms. The van der Waals surface area contributed by atoms with E-state index in [1.54, 1.807) is 25.1 Å². The van der Waals surface area contributed by atoms with Crippen molar-refractivity contribution in [3.8, 4) is 17.6 Å². The first-order valence-corrected chi connectivity index (χ1v) is 6.83. The van der Waals surface area contributed by atoms with Crippen molar-refractivity contribution >= 4 is 22.6 Å². The van der Waals surface area contributed by atoms with E-state index in [1.165, 1.54) is 0 Å². The van der Waals surface area contributed by atoms with Gasteiger partial charge in [-0.25, -0.2) is 0 Å². The Hall–Kier alpha value is -1.58. The predicted molar refractivity (Wildman–Crippen MR) is 81.0 cm³/mol. The van der Waals surface area contributed by atoms with Crippen LogP contribution in [0.1, 0.15) is 24.2 Å². The van der Waals surface area contributed by atoms with E-state index in [4.69, 9.17) is 10.00 Å². The van der Waals surface area contributed by atoms with Gasteiger partial charge >= 0.3 is 0 Å². The summed E-state index contributed by atoms with van der Waals surface area (Å²) in [6.07, 6.45) is -0.647. The second-order valence-electron chi connectivity index (χ2n) is 4.10. The molecule has 0 spiro atoms. The van der Waals surface area contributed by atoms with Crippen molar-refractivity contribution in [2.75, 3.05) is 0 Å². The van der Waals surface area contributed by atoms with Crippen molar-refractivity contribution < 1.29 is 9.84 Å². The highest BCUT2D eigenvalue weighted by Gasteiger charge is 2.11. The highest BCUT2D eigenvalue weighted by Crippen LogP contribution is 2.30. The summed E-state index contributed by atoms with van der Waals surface area (Å²) in [5, 5.41) is 18.7. The number of nitrogens with zero attached hydrogens (tertiary/aromatic N) is 1. The van der Waals surface area contributed by atoms with Crippen LogP contribution in [0, 0.1) is 14.9 Å². The van der Waals surface area contributed by atoms with E-state index in [1.807, 2.05) is 24.3 Å². The van der Waals surface area contributed by atoms with Crippen molar-refractivity contribution in [3.63, 3.8) is 0 Å². The fourth-order valence-electron chi connectivity index (χ4n) is 1.67. The van der Waals surface area contributed by atoms with Crippen LogP contribution < -0.4 is 4.74 Å². The molecule has 0 radical (unpaired) electrons. The first kappa shape index (κ1) is 13.8. The monoisotopic (exact) mass is 365 g/mol. The third-order valence-corrected chi connectivity index (χ3v) is 3.35. The molecule has 1 unspecified atom stereocenters. The lowest BCUT2D eigenvalue weighted by molar-refractivity contribution is 0.195. The molecule has 3 nitrogen and oxygen atoms in total. The first-order chi connectivity index (χ1) is 9.10. The van der Waals surface area contributed by atoms with E-state index in [9.17, 15) is 5.11 Å². The highest BCUT2D eigenvalue weighted by molar-refractivity contribution is 14.1. The maximum Gasteiger partial charge on any atom is 0.134 e. The molecule has 0 fully saturated rings. The number of halogens is 1. The van der Waals surface area contributed by atoms with Gasteiger partial charge in [0, 0.05) is 9.13 Å². The van der Waals surface area contributed by atoms with Crippen LogP contribution in [0.2, 0.25) is 0 Å². The summed E-state index contributed by atoms with van der Waals surface area (Å²) in [6.45, 7) is 1.67. The van der Waals surface area contributed by atoms with Crippen molar-refractivity contribution in [2.24, 2.45) is 0 Å². The predicted octanol–water partition coefficient (Wildman–Crippen LogP) is 4.01. The molecule has 96 valence electrons. The van der Waals surface area contributed by atoms with Crippen molar-refractivity contribution in [3.05, 3.63) is 57.2 Å². The lowest BCUT2D eigenvalue weighted by Gasteiger charge is -2.13. The summed E-state index contributed by atoms with van der Waals surface area (Å²) >= 11 is 2.22. The van der Waals surface area contributed by atoms with Crippen molar-refractivity contribution in [2.45, 2.75) is 13.0 Å². The molecule has 0 saturated carbocycles. The Balaban J connectivity index is 2.37. The summed E-state index contributed by atoms with van der Waals surface area (Å²) in [7, 11) is 0. The van der Waals surface area contributed by atoms with E-state index in [0.717, 1.165) is 3.57 Å². The number of aliphatic hydroxyl groups is 1. The van der Waals surface area contributed by atoms with Crippen LogP contribution in [0.25, 0.3) is 0 Å². The van der Waals surface area contributed by atoms with Gasteiger partial charge in [0.2, 0.25) is 0 Å². The summed E-state index contributed by atoms with van der Waals surface area (Å²) < 4.78 is 6.87. The molecular formula is C15H12INO2. The molecule has 0 aliphatic carbocycles. The molecule has 0 heterocycles. The minimum atomic E-state index is -0.647. The van der Waals surface area contributed by atoms with Gasteiger partial charge in [-0.05, 0) is 65.9 Å². The minimum absolute atomic E-state index is 0.505. The highest BCUT2D eigenvalue weighted by atomic mass is 127. The van der Waals surface area contributed by atoms with Gasteiger partial charge in [-0.2, -0.15) is 5.26 Å². The molecular weight excluding hydrogens is 353 g/mol. The van der Waals surface area contributed by atoms with Gasteiger partial charge in [-0.15, -0.1) is 0 Å². The number of nitriles is 1. The van der Waals surface area contributed by atoms with Gasteiger partial charge in [0.1, 0.15) is 11.5 Å². The number of ether oxygens (including phenoxy) is 1. The van der Waals surface area contributed by atoms with Crippen LogP contribution in [0.3, 0.4) is 0 Å². The zero-order valence-electron chi connectivity index (χ0n) is 10.3. The van der Waals surface area contributed by atoms with Gasteiger partial charge < -0.3 is 9.84 Å². The molecule has 19 heavy (non-hydrogen) atoms. The van der Waals surface area contributed by atoms with E-state index >= 15 is 0 Å². The molecule has 0 aliphatic rings. The SMILES string of the molecule is CC(O)c1ccc(C#N)cc1Oc1ccc(I)cc1. The first-order valence-electron chi connectivity index (χ1n) is 5.75. The lowest BCUT2D eigenvalue weighted by Crippen LogP contribution is -1.97. The molecule has 0 saturated heterocycles. The number of rotatable bonds is 3. The average molecular weight is 365 g/mol. The van der Waals surface area contributed by atoms with Gasteiger partial charge in [-0.1, -0.05) is 6.07 Å². The molecule has 0 aromatic heterocycles. The Morgan fingerprint density at radius 3 is 2.47 bits per heavy atom. The summed E-state index contributed by atoms with van der Waals surface area (Å²) in [5.74, 6) is 1.19. The van der Waals surface area contributed by atoms with E-state index < -0.39 is 6.10 Å². The maximum absolute atomic E-state index is 9.73.